The number of nitrogens with two attached hydrogens (primary N) is 1. The van der Waals surface area contributed by atoms with Crippen LogP contribution in [0.5, 0.6) is 5.75 Å². The maximum absolute atomic E-state index is 6.43. The minimum atomic E-state index is 0.133. The van der Waals surface area contributed by atoms with Crippen LogP contribution in [-0.4, -0.2) is 48.5 Å². The Balaban J connectivity index is 1.67. The lowest BCUT2D eigenvalue weighted by atomic mass is 9.82. The van der Waals surface area contributed by atoms with E-state index in [1.165, 1.54) is 11.3 Å². The van der Waals surface area contributed by atoms with E-state index in [1.807, 2.05) is 6.07 Å². The number of nitrogens with one attached hydrogen (secondary N) is 1. The quantitative estimate of drug-likeness (QED) is 0.822. The third-order valence-corrected chi connectivity index (χ3v) is 5.72. The number of benzene rings is 1. The lowest BCUT2D eigenvalue weighted by Gasteiger charge is -2.43. The van der Waals surface area contributed by atoms with Crippen molar-refractivity contribution in [1.29, 1.82) is 0 Å². The van der Waals surface area contributed by atoms with Crippen molar-refractivity contribution in [2.75, 3.05) is 30.7 Å². The molecule has 2 fully saturated rings. The minimum absolute atomic E-state index is 0.133. The van der Waals surface area contributed by atoms with Gasteiger partial charge in [-0.25, -0.2) is 0 Å². The van der Waals surface area contributed by atoms with E-state index in [0.29, 0.717) is 17.9 Å². The highest BCUT2D eigenvalue weighted by Crippen LogP contribution is 2.45. The van der Waals surface area contributed by atoms with Gasteiger partial charge in [-0.15, -0.1) is 11.8 Å². The molecule has 3 aliphatic heterocycles. The third kappa shape index (κ3) is 2.21. The third-order valence-electron chi connectivity index (χ3n) is 4.83. The zero-order valence-electron chi connectivity index (χ0n) is 12.1. The molecule has 0 aliphatic carbocycles. The summed E-state index contributed by atoms with van der Waals surface area (Å²) in [5, 5.41) is 5.79. The number of anilines is 1. The number of ether oxygens (including phenoxy) is 1. The average Bonchev–Trinajstić information content (AvgIpc) is 2.77. The summed E-state index contributed by atoms with van der Waals surface area (Å²) >= 11 is 1.78. The standard InChI is InChI=1S/C15H21N3O2S/c1-19-9-2-3-13-11(6-9)10-4-5-18-15(14(10)17-13)12(16)7-21-8-20-18/h2-3,6,10,12,14-15,17H,4-5,7-8,16H2,1H3/t10?,12-,14?,15+/m1/s1. The molecule has 2 unspecified atom stereocenters. The van der Waals surface area contributed by atoms with E-state index in [9.17, 15) is 0 Å². The van der Waals surface area contributed by atoms with Crippen molar-refractivity contribution in [3.05, 3.63) is 23.8 Å². The van der Waals surface area contributed by atoms with E-state index in [2.05, 4.69) is 22.5 Å². The summed E-state index contributed by atoms with van der Waals surface area (Å²) in [6.45, 7) is 0.943. The second-order valence-corrected chi connectivity index (χ2v) is 6.91. The van der Waals surface area contributed by atoms with E-state index in [-0.39, 0.29) is 12.1 Å². The summed E-state index contributed by atoms with van der Waals surface area (Å²) in [4.78, 5) is 5.88. The van der Waals surface area contributed by atoms with Crippen LogP contribution in [0.2, 0.25) is 0 Å². The van der Waals surface area contributed by atoms with E-state index in [4.69, 9.17) is 15.3 Å². The van der Waals surface area contributed by atoms with Gasteiger partial charge in [-0.3, -0.25) is 4.84 Å². The number of fused-ring (bicyclic) bond motifs is 5. The molecular formula is C15H21N3O2S. The van der Waals surface area contributed by atoms with Crippen LogP contribution in [0.15, 0.2) is 18.2 Å². The molecule has 0 aromatic heterocycles. The van der Waals surface area contributed by atoms with Crippen molar-refractivity contribution >= 4 is 17.4 Å². The van der Waals surface area contributed by atoms with Gasteiger partial charge in [0, 0.05) is 29.9 Å². The molecule has 1 aromatic rings. The predicted octanol–water partition coefficient (Wildman–Crippen LogP) is 1.61. The Morgan fingerprint density at radius 2 is 2.38 bits per heavy atom. The average molecular weight is 307 g/mol. The van der Waals surface area contributed by atoms with Crippen molar-refractivity contribution in [2.45, 2.75) is 30.5 Å². The lowest BCUT2D eigenvalue weighted by Crippen LogP contribution is -2.60. The van der Waals surface area contributed by atoms with Crippen LogP contribution in [0.4, 0.5) is 5.69 Å². The lowest BCUT2D eigenvalue weighted by molar-refractivity contribution is -0.186. The number of piperidine rings is 1. The maximum atomic E-state index is 6.43. The number of hydroxylamine groups is 2. The van der Waals surface area contributed by atoms with Crippen LogP contribution in [0.1, 0.15) is 17.9 Å². The summed E-state index contributed by atoms with van der Waals surface area (Å²) in [5.41, 5.74) is 9.01. The van der Waals surface area contributed by atoms with Crippen molar-refractivity contribution in [1.82, 2.24) is 5.06 Å². The molecule has 4 atom stereocenters. The summed E-state index contributed by atoms with van der Waals surface area (Å²) < 4.78 is 5.38. The largest absolute Gasteiger partial charge is 0.497 e. The van der Waals surface area contributed by atoms with Gasteiger partial charge in [0.1, 0.15) is 11.7 Å². The first-order valence-electron chi connectivity index (χ1n) is 7.45. The van der Waals surface area contributed by atoms with Gasteiger partial charge in [0.05, 0.1) is 19.2 Å². The van der Waals surface area contributed by atoms with Crippen LogP contribution >= 0.6 is 11.8 Å². The molecule has 3 heterocycles. The van der Waals surface area contributed by atoms with E-state index < -0.39 is 0 Å². The van der Waals surface area contributed by atoms with Crippen molar-refractivity contribution < 1.29 is 9.57 Å². The molecule has 4 rings (SSSR count). The monoisotopic (exact) mass is 307 g/mol. The summed E-state index contributed by atoms with van der Waals surface area (Å²) in [5.74, 6) is 3.08. The molecule has 5 nitrogen and oxygen atoms in total. The zero-order chi connectivity index (χ0) is 14.4. The number of methoxy groups -OCH3 is 1. The van der Waals surface area contributed by atoms with Gasteiger partial charge in [-0.05, 0) is 30.2 Å². The molecule has 3 aliphatic rings. The normalized spacial score (nSPS) is 35.1. The Morgan fingerprint density at radius 1 is 1.48 bits per heavy atom. The topological polar surface area (TPSA) is 59.8 Å². The number of hydrogen-bond acceptors (Lipinski definition) is 6. The fraction of sp³-hybridized carbons (Fsp3) is 0.600. The van der Waals surface area contributed by atoms with Crippen molar-refractivity contribution in [3.63, 3.8) is 0 Å². The van der Waals surface area contributed by atoms with Gasteiger partial charge in [0.25, 0.3) is 0 Å². The zero-order valence-corrected chi connectivity index (χ0v) is 12.9. The Bertz CT molecular complexity index is 542. The van der Waals surface area contributed by atoms with Crippen LogP contribution in [-0.2, 0) is 4.84 Å². The summed E-state index contributed by atoms with van der Waals surface area (Å²) in [6.07, 6.45) is 1.09. The molecular weight excluding hydrogens is 286 g/mol. The molecule has 114 valence electrons. The fourth-order valence-electron chi connectivity index (χ4n) is 3.85. The molecule has 3 N–H and O–H groups in total. The molecule has 0 radical (unpaired) electrons. The number of rotatable bonds is 1. The molecule has 1 aromatic carbocycles. The predicted molar refractivity (Wildman–Crippen MR) is 84.6 cm³/mol. The minimum Gasteiger partial charge on any atom is -0.497 e. The Labute approximate surface area is 129 Å². The molecule has 0 bridgehead atoms. The first-order chi connectivity index (χ1) is 10.3. The number of thioether (sulfide) groups is 1. The van der Waals surface area contributed by atoms with Crippen LogP contribution in [0.3, 0.4) is 0 Å². The highest BCUT2D eigenvalue weighted by Gasteiger charge is 2.47. The van der Waals surface area contributed by atoms with Crippen LogP contribution in [0.25, 0.3) is 0 Å². The van der Waals surface area contributed by atoms with Gasteiger partial charge in [-0.2, -0.15) is 5.06 Å². The van der Waals surface area contributed by atoms with E-state index in [0.717, 1.165) is 24.5 Å². The van der Waals surface area contributed by atoms with Gasteiger partial charge in [0.15, 0.2) is 0 Å². The molecule has 0 spiro atoms. The second kappa shape index (κ2) is 5.35. The van der Waals surface area contributed by atoms with E-state index >= 15 is 0 Å². The van der Waals surface area contributed by atoms with Crippen molar-refractivity contribution in [3.8, 4) is 5.75 Å². The smallest absolute Gasteiger partial charge is 0.119 e. The second-order valence-electron chi connectivity index (χ2n) is 5.93. The number of nitrogens with zero attached hydrogens (tertiary/aromatic N) is 1. The summed E-state index contributed by atoms with van der Waals surface area (Å²) in [6, 6.07) is 7.00. The van der Waals surface area contributed by atoms with E-state index in [1.54, 1.807) is 18.9 Å². The Morgan fingerprint density at radius 3 is 3.24 bits per heavy atom. The Hall–Kier alpha value is -0.950. The molecule has 2 saturated heterocycles. The van der Waals surface area contributed by atoms with Crippen LogP contribution in [0, 0.1) is 0 Å². The van der Waals surface area contributed by atoms with Gasteiger partial charge >= 0.3 is 0 Å². The number of hydrogen-bond donors (Lipinski definition) is 2. The molecule has 21 heavy (non-hydrogen) atoms. The van der Waals surface area contributed by atoms with Gasteiger partial charge in [0.2, 0.25) is 0 Å². The fourth-order valence-corrected chi connectivity index (χ4v) is 4.63. The molecule has 0 amide bonds. The first-order valence-corrected chi connectivity index (χ1v) is 8.61. The molecule has 0 saturated carbocycles. The first kappa shape index (κ1) is 13.7. The Kier molecular flexibility index (Phi) is 3.49. The SMILES string of the molecule is COc1ccc2c(c1)C1CCN3OCSC[C@@H](N)[C@H]3C1N2. The van der Waals surface area contributed by atoms with Crippen molar-refractivity contribution in [2.24, 2.45) is 5.73 Å². The maximum Gasteiger partial charge on any atom is 0.119 e. The molecule has 6 heteroatoms. The highest BCUT2D eigenvalue weighted by molar-refractivity contribution is 7.99. The van der Waals surface area contributed by atoms with Crippen LogP contribution < -0.4 is 15.8 Å². The highest BCUT2D eigenvalue weighted by atomic mass is 32.2. The summed E-state index contributed by atoms with van der Waals surface area (Å²) in [7, 11) is 1.72. The van der Waals surface area contributed by atoms with Gasteiger partial charge < -0.3 is 15.8 Å². The van der Waals surface area contributed by atoms with Gasteiger partial charge in [-0.1, -0.05) is 0 Å².